The molecule has 0 aromatic carbocycles. The van der Waals surface area contributed by atoms with Crippen molar-refractivity contribution in [1.29, 1.82) is 0 Å². The lowest BCUT2D eigenvalue weighted by Gasteiger charge is -2.31. The second kappa shape index (κ2) is 6.63. The molecule has 4 heterocycles. The predicted molar refractivity (Wildman–Crippen MR) is 90.4 cm³/mol. The van der Waals surface area contributed by atoms with Crippen molar-refractivity contribution in [1.82, 2.24) is 30.1 Å². The van der Waals surface area contributed by atoms with E-state index in [1.165, 1.54) is 0 Å². The summed E-state index contributed by atoms with van der Waals surface area (Å²) in [5.41, 5.74) is 1.94. The Hall–Kier alpha value is -2.75. The molecular formula is C15H20N8O2. The Labute approximate surface area is 144 Å². The molecule has 3 aromatic rings. The van der Waals surface area contributed by atoms with Gasteiger partial charge in [-0.2, -0.15) is 5.10 Å². The fourth-order valence-electron chi connectivity index (χ4n) is 2.93. The van der Waals surface area contributed by atoms with Gasteiger partial charge < -0.3 is 14.5 Å². The minimum Gasteiger partial charge on any atom is -0.378 e. The van der Waals surface area contributed by atoms with Gasteiger partial charge in [-0.25, -0.2) is 14.6 Å². The summed E-state index contributed by atoms with van der Waals surface area (Å²) in [7, 11) is 1.91. The highest BCUT2D eigenvalue weighted by Gasteiger charge is 2.23. The highest BCUT2D eigenvalue weighted by molar-refractivity contribution is 5.74. The third kappa shape index (κ3) is 3.12. The SMILES string of the molecule is CCN(Cc1cnn(C)c1)c1nc2nonc2nc1N1CCOCC1. The maximum atomic E-state index is 5.46. The summed E-state index contributed by atoms with van der Waals surface area (Å²) < 4.78 is 12.0. The van der Waals surface area contributed by atoms with Crippen LogP contribution in [0, 0.1) is 0 Å². The average molecular weight is 344 g/mol. The van der Waals surface area contributed by atoms with E-state index in [4.69, 9.17) is 9.37 Å². The molecule has 0 radical (unpaired) electrons. The summed E-state index contributed by atoms with van der Waals surface area (Å²) in [6.07, 6.45) is 3.86. The zero-order chi connectivity index (χ0) is 17.2. The van der Waals surface area contributed by atoms with E-state index in [1.54, 1.807) is 4.68 Å². The Kier molecular flexibility index (Phi) is 4.18. The third-order valence-corrected chi connectivity index (χ3v) is 4.20. The summed E-state index contributed by atoms with van der Waals surface area (Å²) in [5, 5.41) is 11.9. The largest absolute Gasteiger partial charge is 0.378 e. The quantitative estimate of drug-likeness (QED) is 0.659. The van der Waals surface area contributed by atoms with Crippen LogP contribution in [0.3, 0.4) is 0 Å². The average Bonchev–Trinajstić information content (AvgIpc) is 3.27. The molecular weight excluding hydrogens is 324 g/mol. The van der Waals surface area contributed by atoms with Crippen molar-refractivity contribution < 1.29 is 9.37 Å². The number of morpholine rings is 1. The van der Waals surface area contributed by atoms with Crippen LogP contribution in [0.1, 0.15) is 12.5 Å². The molecule has 1 aliphatic rings. The van der Waals surface area contributed by atoms with Crippen molar-refractivity contribution in [2.24, 2.45) is 7.05 Å². The minimum atomic E-state index is 0.414. The molecule has 0 N–H and O–H groups in total. The number of fused-ring (bicyclic) bond motifs is 1. The molecule has 0 spiro atoms. The van der Waals surface area contributed by atoms with E-state index in [0.717, 1.165) is 36.8 Å². The molecule has 0 aliphatic carbocycles. The zero-order valence-electron chi connectivity index (χ0n) is 14.3. The number of ether oxygens (including phenoxy) is 1. The molecule has 25 heavy (non-hydrogen) atoms. The van der Waals surface area contributed by atoms with E-state index < -0.39 is 0 Å². The standard InChI is InChI=1S/C15H20N8O2/c1-3-22(10-11-8-16-21(2)9-11)14-15(23-4-6-24-7-5-23)18-13-12(17-14)19-25-20-13/h8-9H,3-7,10H2,1-2H3. The van der Waals surface area contributed by atoms with Gasteiger partial charge in [0.05, 0.1) is 19.4 Å². The lowest BCUT2D eigenvalue weighted by molar-refractivity contribution is 0.122. The summed E-state index contributed by atoms with van der Waals surface area (Å²) in [6, 6.07) is 0. The van der Waals surface area contributed by atoms with Crippen LogP contribution in [-0.4, -0.2) is 62.9 Å². The maximum Gasteiger partial charge on any atom is 0.245 e. The maximum absolute atomic E-state index is 5.46. The molecule has 4 rings (SSSR count). The Morgan fingerprint density at radius 3 is 2.60 bits per heavy atom. The van der Waals surface area contributed by atoms with Crippen molar-refractivity contribution >= 4 is 22.9 Å². The Bertz CT molecular complexity index is 854. The van der Waals surface area contributed by atoms with E-state index in [1.807, 2.05) is 19.4 Å². The molecule has 1 saturated heterocycles. The van der Waals surface area contributed by atoms with Gasteiger partial charge in [-0.05, 0) is 17.2 Å². The lowest BCUT2D eigenvalue weighted by atomic mass is 10.3. The monoisotopic (exact) mass is 344 g/mol. The molecule has 10 heteroatoms. The van der Waals surface area contributed by atoms with Crippen LogP contribution >= 0.6 is 0 Å². The van der Waals surface area contributed by atoms with Crippen LogP contribution in [0.4, 0.5) is 11.6 Å². The molecule has 10 nitrogen and oxygen atoms in total. The van der Waals surface area contributed by atoms with Crippen LogP contribution in [0.25, 0.3) is 11.3 Å². The van der Waals surface area contributed by atoms with Gasteiger partial charge in [0.25, 0.3) is 0 Å². The predicted octanol–water partition coefficient (Wildman–Crippen LogP) is 0.609. The molecule has 0 unspecified atom stereocenters. The van der Waals surface area contributed by atoms with Crippen molar-refractivity contribution in [2.75, 3.05) is 42.6 Å². The molecule has 3 aromatic heterocycles. The topological polar surface area (TPSA) is 98.2 Å². The van der Waals surface area contributed by atoms with E-state index in [2.05, 4.69) is 42.1 Å². The fraction of sp³-hybridized carbons (Fsp3) is 0.533. The van der Waals surface area contributed by atoms with Crippen molar-refractivity contribution in [2.45, 2.75) is 13.5 Å². The van der Waals surface area contributed by atoms with E-state index in [9.17, 15) is 0 Å². The van der Waals surface area contributed by atoms with E-state index in [-0.39, 0.29) is 0 Å². The number of hydrogen-bond acceptors (Lipinski definition) is 9. The summed E-state index contributed by atoms with van der Waals surface area (Å²) in [4.78, 5) is 13.7. The second-order valence-electron chi connectivity index (χ2n) is 5.92. The fourth-order valence-corrected chi connectivity index (χ4v) is 2.93. The highest BCUT2D eigenvalue weighted by Crippen LogP contribution is 2.28. The normalized spacial score (nSPS) is 15.0. The van der Waals surface area contributed by atoms with Gasteiger partial charge in [-0.15, -0.1) is 0 Å². The number of aromatic nitrogens is 6. The third-order valence-electron chi connectivity index (χ3n) is 4.20. The number of aryl methyl sites for hydroxylation is 1. The van der Waals surface area contributed by atoms with Gasteiger partial charge in [0.1, 0.15) is 0 Å². The number of hydrogen-bond donors (Lipinski definition) is 0. The Balaban J connectivity index is 1.73. The first-order valence-corrected chi connectivity index (χ1v) is 8.30. The highest BCUT2D eigenvalue weighted by atomic mass is 16.6. The second-order valence-corrected chi connectivity index (χ2v) is 5.92. The molecule has 1 fully saturated rings. The Morgan fingerprint density at radius 1 is 1.16 bits per heavy atom. The van der Waals surface area contributed by atoms with Gasteiger partial charge in [-0.3, -0.25) is 4.68 Å². The molecule has 1 aliphatic heterocycles. The minimum absolute atomic E-state index is 0.414. The van der Waals surface area contributed by atoms with Crippen LogP contribution in [0.5, 0.6) is 0 Å². The molecule has 0 bridgehead atoms. The summed E-state index contributed by atoms with van der Waals surface area (Å²) in [5.74, 6) is 1.56. The van der Waals surface area contributed by atoms with Crippen LogP contribution in [0.2, 0.25) is 0 Å². The van der Waals surface area contributed by atoms with Gasteiger partial charge in [0.15, 0.2) is 11.6 Å². The zero-order valence-corrected chi connectivity index (χ0v) is 14.3. The Morgan fingerprint density at radius 2 is 1.92 bits per heavy atom. The summed E-state index contributed by atoms with van der Waals surface area (Å²) >= 11 is 0. The van der Waals surface area contributed by atoms with E-state index >= 15 is 0 Å². The van der Waals surface area contributed by atoms with Crippen LogP contribution < -0.4 is 9.80 Å². The smallest absolute Gasteiger partial charge is 0.245 e. The molecule has 0 amide bonds. The first kappa shape index (κ1) is 15.8. The number of anilines is 2. The van der Waals surface area contributed by atoms with Crippen molar-refractivity contribution in [3.05, 3.63) is 18.0 Å². The van der Waals surface area contributed by atoms with Crippen molar-refractivity contribution in [3.63, 3.8) is 0 Å². The van der Waals surface area contributed by atoms with Gasteiger partial charge >= 0.3 is 0 Å². The van der Waals surface area contributed by atoms with Gasteiger partial charge in [0.2, 0.25) is 11.3 Å². The molecule has 0 saturated carbocycles. The molecule has 132 valence electrons. The van der Waals surface area contributed by atoms with Crippen molar-refractivity contribution in [3.8, 4) is 0 Å². The van der Waals surface area contributed by atoms with E-state index in [0.29, 0.717) is 31.1 Å². The van der Waals surface area contributed by atoms with Crippen LogP contribution in [0.15, 0.2) is 17.0 Å². The van der Waals surface area contributed by atoms with Gasteiger partial charge in [0, 0.05) is 45.0 Å². The summed E-state index contributed by atoms with van der Waals surface area (Å²) in [6.45, 7) is 6.43. The lowest BCUT2D eigenvalue weighted by Crippen LogP contribution is -2.38. The van der Waals surface area contributed by atoms with Gasteiger partial charge in [-0.1, -0.05) is 0 Å². The first-order valence-electron chi connectivity index (χ1n) is 8.30. The first-order chi connectivity index (χ1) is 12.2. The number of nitrogens with zero attached hydrogens (tertiary/aromatic N) is 8. The molecule has 0 atom stereocenters. The van der Waals surface area contributed by atoms with Crippen LogP contribution in [-0.2, 0) is 18.3 Å². The number of rotatable bonds is 5.